The number of rotatable bonds is 5. The molecule has 162 valence electrons. The van der Waals surface area contributed by atoms with Gasteiger partial charge in [0.15, 0.2) is 11.5 Å². The third-order valence-electron chi connectivity index (χ3n) is 5.42. The number of para-hydroxylation sites is 1. The van der Waals surface area contributed by atoms with Gasteiger partial charge in [-0.15, -0.1) is 0 Å². The van der Waals surface area contributed by atoms with E-state index in [1.807, 2.05) is 4.90 Å². The number of anilines is 2. The van der Waals surface area contributed by atoms with Crippen LogP contribution >= 0.6 is 0 Å². The maximum absolute atomic E-state index is 12.9. The van der Waals surface area contributed by atoms with Crippen LogP contribution < -0.4 is 25.4 Å². The Bertz CT molecular complexity index is 1040. The molecule has 2 aliphatic rings. The van der Waals surface area contributed by atoms with Gasteiger partial charge in [0.05, 0.1) is 23.3 Å². The van der Waals surface area contributed by atoms with Gasteiger partial charge in [0, 0.05) is 24.8 Å². The van der Waals surface area contributed by atoms with E-state index in [-0.39, 0.29) is 31.1 Å². The Balaban J connectivity index is 1.45. The lowest BCUT2D eigenvalue weighted by atomic mass is 9.99. The van der Waals surface area contributed by atoms with Crippen molar-refractivity contribution in [3.63, 3.8) is 0 Å². The van der Waals surface area contributed by atoms with Gasteiger partial charge >= 0.3 is 0 Å². The Hall–Kier alpha value is -3.59. The summed E-state index contributed by atoms with van der Waals surface area (Å²) >= 11 is 0. The minimum atomic E-state index is -0.786. The van der Waals surface area contributed by atoms with Crippen molar-refractivity contribution in [1.29, 1.82) is 0 Å². The standard InChI is InChI=1S/C22H24N4O5/c1-22(2)21(29)23-9-10-26(22)12-19(27)25-16-6-4-3-5-15(16)20(28)24-14-7-8-17-18(11-14)31-13-30-17/h3-8,11H,9-10,12-13H2,1-2H3,(H,23,29)(H,24,28)(H,25,27). The second-order valence-electron chi connectivity index (χ2n) is 7.85. The summed E-state index contributed by atoms with van der Waals surface area (Å²) in [4.78, 5) is 39.5. The number of amides is 3. The van der Waals surface area contributed by atoms with Crippen LogP contribution in [0.3, 0.4) is 0 Å². The quantitative estimate of drug-likeness (QED) is 0.676. The molecule has 9 nitrogen and oxygen atoms in total. The molecule has 0 bridgehead atoms. The Morgan fingerprint density at radius 3 is 2.71 bits per heavy atom. The monoisotopic (exact) mass is 424 g/mol. The molecule has 0 aromatic heterocycles. The maximum Gasteiger partial charge on any atom is 0.257 e. The van der Waals surface area contributed by atoms with E-state index < -0.39 is 5.54 Å². The molecule has 0 unspecified atom stereocenters. The Labute approximate surface area is 179 Å². The van der Waals surface area contributed by atoms with Crippen LogP contribution in [0.4, 0.5) is 11.4 Å². The van der Waals surface area contributed by atoms with Crippen LogP contribution in [0, 0.1) is 0 Å². The number of nitrogens with one attached hydrogen (secondary N) is 3. The molecule has 3 amide bonds. The van der Waals surface area contributed by atoms with Gasteiger partial charge in [0.25, 0.3) is 5.91 Å². The minimum Gasteiger partial charge on any atom is -0.454 e. The molecule has 0 spiro atoms. The summed E-state index contributed by atoms with van der Waals surface area (Å²) in [6, 6.07) is 11.9. The van der Waals surface area contributed by atoms with Crippen molar-refractivity contribution in [2.75, 3.05) is 37.1 Å². The normalized spacial score (nSPS) is 17.0. The zero-order valence-corrected chi connectivity index (χ0v) is 17.4. The zero-order valence-electron chi connectivity index (χ0n) is 17.4. The molecular weight excluding hydrogens is 400 g/mol. The molecule has 4 rings (SSSR count). The van der Waals surface area contributed by atoms with Crippen molar-refractivity contribution in [1.82, 2.24) is 10.2 Å². The summed E-state index contributed by atoms with van der Waals surface area (Å²) in [6.07, 6.45) is 0. The van der Waals surface area contributed by atoms with Crippen molar-refractivity contribution in [2.24, 2.45) is 0 Å². The molecule has 0 radical (unpaired) electrons. The maximum atomic E-state index is 12.9. The first-order valence-corrected chi connectivity index (χ1v) is 9.98. The molecule has 0 saturated carbocycles. The van der Waals surface area contributed by atoms with E-state index in [9.17, 15) is 14.4 Å². The van der Waals surface area contributed by atoms with Crippen molar-refractivity contribution in [3.8, 4) is 11.5 Å². The van der Waals surface area contributed by atoms with Crippen molar-refractivity contribution < 1.29 is 23.9 Å². The molecule has 3 N–H and O–H groups in total. The molecular formula is C22H24N4O5. The largest absolute Gasteiger partial charge is 0.454 e. The fourth-order valence-electron chi connectivity index (χ4n) is 3.55. The summed E-state index contributed by atoms with van der Waals surface area (Å²) in [7, 11) is 0. The van der Waals surface area contributed by atoms with E-state index in [0.717, 1.165) is 0 Å². The molecule has 1 saturated heterocycles. The zero-order chi connectivity index (χ0) is 22.0. The molecule has 0 aliphatic carbocycles. The minimum absolute atomic E-state index is 0.0402. The number of hydrogen-bond donors (Lipinski definition) is 3. The smallest absolute Gasteiger partial charge is 0.257 e. The first-order chi connectivity index (χ1) is 14.8. The highest BCUT2D eigenvalue weighted by Gasteiger charge is 2.38. The number of fused-ring (bicyclic) bond motifs is 1. The summed E-state index contributed by atoms with van der Waals surface area (Å²) < 4.78 is 10.6. The highest BCUT2D eigenvalue weighted by Crippen LogP contribution is 2.34. The first kappa shape index (κ1) is 20.7. The van der Waals surface area contributed by atoms with Gasteiger partial charge in [-0.25, -0.2) is 0 Å². The lowest BCUT2D eigenvalue weighted by Crippen LogP contribution is -2.62. The Morgan fingerprint density at radius 2 is 1.87 bits per heavy atom. The van der Waals surface area contributed by atoms with Crippen LogP contribution in [-0.2, 0) is 9.59 Å². The van der Waals surface area contributed by atoms with Crippen LogP contribution in [0.1, 0.15) is 24.2 Å². The van der Waals surface area contributed by atoms with E-state index in [4.69, 9.17) is 9.47 Å². The van der Waals surface area contributed by atoms with E-state index >= 15 is 0 Å². The molecule has 1 fully saturated rings. The second-order valence-corrected chi connectivity index (χ2v) is 7.85. The van der Waals surface area contributed by atoms with Gasteiger partial charge in [-0.3, -0.25) is 19.3 Å². The highest BCUT2D eigenvalue weighted by atomic mass is 16.7. The molecule has 2 heterocycles. The average molecular weight is 424 g/mol. The van der Waals surface area contributed by atoms with Crippen LogP contribution in [0.5, 0.6) is 11.5 Å². The lowest BCUT2D eigenvalue weighted by Gasteiger charge is -2.40. The van der Waals surface area contributed by atoms with Gasteiger partial charge in [-0.05, 0) is 38.1 Å². The average Bonchev–Trinajstić information content (AvgIpc) is 3.20. The van der Waals surface area contributed by atoms with Gasteiger partial charge in [0.1, 0.15) is 0 Å². The third-order valence-corrected chi connectivity index (χ3v) is 5.42. The van der Waals surface area contributed by atoms with Crippen LogP contribution in [0.15, 0.2) is 42.5 Å². The molecule has 31 heavy (non-hydrogen) atoms. The summed E-state index contributed by atoms with van der Waals surface area (Å²) in [5.74, 6) is 0.404. The van der Waals surface area contributed by atoms with Crippen molar-refractivity contribution in [3.05, 3.63) is 48.0 Å². The van der Waals surface area contributed by atoms with E-state index in [2.05, 4.69) is 16.0 Å². The molecule has 0 atom stereocenters. The number of carbonyl (C=O) groups excluding carboxylic acids is 3. The van der Waals surface area contributed by atoms with Gasteiger partial charge < -0.3 is 25.4 Å². The summed E-state index contributed by atoms with van der Waals surface area (Å²) in [5, 5.41) is 8.42. The van der Waals surface area contributed by atoms with Crippen molar-refractivity contribution >= 4 is 29.1 Å². The lowest BCUT2D eigenvalue weighted by molar-refractivity contribution is -0.136. The van der Waals surface area contributed by atoms with E-state index in [1.165, 1.54) is 0 Å². The SMILES string of the molecule is CC1(C)C(=O)NCCN1CC(=O)Nc1ccccc1C(=O)Nc1ccc2c(c1)OCO2. The Kier molecular flexibility index (Phi) is 5.51. The topological polar surface area (TPSA) is 109 Å². The van der Waals surface area contributed by atoms with E-state index in [0.29, 0.717) is 41.5 Å². The fourth-order valence-corrected chi connectivity index (χ4v) is 3.55. The number of piperazine rings is 1. The number of nitrogens with zero attached hydrogens (tertiary/aromatic N) is 1. The van der Waals surface area contributed by atoms with Gasteiger partial charge in [-0.1, -0.05) is 12.1 Å². The molecule has 2 aromatic carbocycles. The first-order valence-electron chi connectivity index (χ1n) is 9.98. The predicted molar refractivity (Wildman–Crippen MR) is 114 cm³/mol. The summed E-state index contributed by atoms with van der Waals surface area (Å²) in [6.45, 7) is 4.81. The highest BCUT2D eigenvalue weighted by molar-refractivity contribution is 6.10. The second kappa shape index (κ2) is 8.27. The van der Waals surface area contributed by atoms with E-state index in [1.54, 1.807) is 56.3 Å². The molecule has 2 aromatic rings. The predicted octanol–water partition coefficient (Wildman–Crippen LogP) is 1.82. The summed E-state index contributed by atoms with van der Waals surface area (Å²) in [5.41, 5.74) is 0.483. The van der Waals surface area contributed by atoms with Crippen LogP contribution in [-0.4, -0.2) is 54.6 Å². The number of ether oxygens (including phenoxy) is 2. The molecule has 9 heteroatoms. The number of benzene rings is 2. The molecule has 2 aliphatic heterocycles. The number of carbonyl (C=O) groups is 3. The number of hydrogen-bond acceptors (Lipinski definition) is 6. The fraction of sp³-hybridized carbons (Fsp3) is 0.318. The Morgan fingerprint density at radius 1 is 1.10 bits per heavy atom. The van der Waals surface area contributed by atoms with Crippen LogP contribution in [0.25, 0.3) is 0 Å². The van der Waals surface area contributed by atoms with Gasteiger partial charge in [-0.2, -0.15) is 0 Å². The third kappa shape index (κ3) is 4.31. The van der Waals surface area contributed by atoms with Crippen molar-refractivity contribution in [2.45, 2.75) is 19.4 Å². The van der Waals surface area contributed by atoms with Gasteiger partial charge in [0.2, 0.25) is 18.6 Å². The van der Waals surface area contributed by atoms with Crippen LogP contribution in [0.2, 0.25) is 0 Å².